The maximum absolute atomic E-state index is 10.1. The zero-order chi connectivity index (χ0) is 14.7. The Kier molecular flexibility index (Phi) is 3.56. The van der Waals surface area contributed by atoms with E-state index in [-0.39, 0.29) is 5.75 Å². The molecule has 0 aliphatic carbocycles. The Morgan fingerprint density at radius 1 is 0.952 bits per heavy atom. The second-order valence-corrected chi connectivity index (χ2v) is 4.65. The van der Waals surface area contributed by atoms with E-state index in [2.05, 4.69) is 17.1 Å². The van der Waals surface area contributed by atoms with Crippen molar-refractivity contribution in [1.82, 2.24) is 0 Å². The van der Waals surface area contributed by atoms with Crippen molar-refractivity contribution in [1.29, 1.82) is 0 Å². The van der Waals surface area contributed by atoms with Gasteiger partial charge in [-0.2, -0.15) is 0 Å². The van der Waals surface area contributed by atoms with Gasteiger partial charge in [-0.15, -0.1) is 0 Å². The maximum atomic E-state index is 10.1. The Labute approximate surface area is 123 Å². The lowest BCUT2D eigenvalue weighted by Crippen LogP contribution is -1.88. The maximum Gasteiger partial charge on any atom is 0.166 e. The molecule has 3 rings (SSSR count). The highest BCUT2D eigenvalue weighted by atomic mass is 16.5. The van der Waals surface area contributed by atoms with Gasteiger partial charge in [-0.05, 0) is 23.6 Å². The Hall–Kier alpha value is -2.81. The number of benzene rings is 3. The van der Waals surface area contributed by atoms with Crippen molar-refractivity contribution >= 4 is 22.7 Å². The van der Waals surface area contributed by atoms with Gasteiger partial charge >= 0.3 is 0 Å². The van der Waals surface area contributed by atoms with E-state index in [1.165, 1.54) is 7.11 Å². The van der Waals surface area contributed by atoms with Gasteiger partial charge in [-0.1, -0.05) is 42.5 Å². The van der Waals surface area contributed by atoms with Crippen molar-refractivity contribution in [3.05, 3.63) is 66.2 Å². The Balaban J connectivity index is 2.03. The summed E-state index contributed by atoms with van der Waals surface area (Å²) in [6.07, 6.45) is 1.65. The van der Waals surface area contributed by atoms with E-state index in [1.807, 2.05) is 36.4 Å². The molecule has 3 aromatic carbocycles. The van der Waals surface area contributed by atoms with Crippen LogP contribution in [0.5, 0.6) is 11.5 Å². The third-order valence-electron chi connectivity index (χ3n) is 3.36. The first-order chi connectivity index (χ1) is 10.3. The largest absolute Gasteiger partial charge is 0.504 e. The summed E-state index contributed by atoms with van der Waals surface area (Å²) in [5.74, 6) is 0.542. The summed E-state index contributed by atoms with van der Waals surface area (Å²) in [6, 6.07) is 19.4. The highest BCUT2D eigenvalue weighted by molar-refractivity contribution is 5.96. The molecule has 0 aliphatic heterocycles. The lowest BCUT2D eigenvalue weighted by Gasteiger charge is -2.05. The molecule has 3 heteroatoms. The minimum atomic E-state index is 0.101. The number of hydrogen-bond acceptors (Lipinski definition) is 3. The summed E-state index contributed by atoms with van der Waals surface area (Å²) in [6.45, 7) is 0. The van der Waals surface area contributed by atoms with Crippen LogP contribution in [0.15, 0.2) is 65.7 Å². The fraction of sp³-hybridized carbons (Fsp3) is 0.0556. The van der Waals surface area contributed by atoms with Crippen molar-refractivity contribution in [3.63, 3.8) is 0 Å². The highest BCUT2D eigenvalue weighted by Gasteiger charge is 2.05. The van der Waals surface area contributed by atoms with Crippen LogP contribution in [0.3, 0.4) is 0 Å². The third-order valence-corrected chi connectivity index (χ3v) is 3.36. The average Bonchev–Trinajstić information content (AvgIpc) is 2.54. The minimum absolute atomic E-state index is 0.101. The lowest BCUT2D eigenvalue weighted by molar-refractivity contribution is 0.373. The van der Waals surface area contributed by atoms with Crippen molar-refractivity contribution < 1.29 is 9.84 Å². The molecule has 0 aliphatic rings. The van der Waals surface area contributed by atoms with E-state index >= 15 is 0 Å². The van der Waals surface area contributed by atoms with E-state index in [0.29, 0.717) is 11.3 Å². The number of phenolic OH excluding ortho intramolecular Hbond substituents is 1. The molecule has 0 amide bonds. The molecule has 0 bridgehead atoms. The molecule has 1 N–H and O–H groups in total. The average molecular weight is 277 g/mol. The van der Waals surface area contributed by atoms with Crippen LogP contribution >= 0.6 is 0 Å². The molecule has 104 valence electrons. The SMILES string of the molecule is COc1cccc(C=Nc2cccc3ccccc23)c1O. The Morgan fingerprint density at radius 2 is 1.71 bits per heavy atom. The van der Waals surface area contributed by atoms with Gasteiger partial charge in [0.25, 0.3) is 0 Å². The number of methoxy groups -OCH3 is 1. The quantitative estimate of drug-likeness (QED) is 0.725. The molecular weight excluding hydrogens is 262 g/mol. The third kappa shape index (κ3) is 2.58. The van der Waals surface area contributed by atoms with Crippen LogP contribution in [0.25, 0.3) is 10.8 Å². The van der Waals surface area contributed by atoms with Crippen LogP contribution in [-0.2, 0) is 0 Å². The molecule has 0 saturated heterocycles. The molecule has 0 heterocycles. The smallest absolute Gasteiger partial charge is 0.166 e. The second kappa shape index (κ2) is 5.67. The summed E-state index contributed by atoms with van der Waals surface area (Å²) in [7, 11) is 1.53. The van der Waals surface area contributed by atoms with Crippen LogP contribution in [0.4, 0.5) is 5.69 Å². The molecule has 3 aromatic rings. The van der Waals surface area contributed by atoms with E-state index in [4.69, 9.17) is 4.74 Å². The van der Waals surface area contributed by atoms with Gasteiger partial charge < -0.3 is 9.84 Å². The molecule has 0 unspecified atom stereocenters. The lowest BCUT2D eigenvalue weighted by atomic mass is 10.1. The van der Waals surface area contributed by atoms with E-state index < -0.39 is 0 Å². The molecule has 0 spiro atoms. The summed E-state index contributed by atoms with van der Waals surface area (Å²) < 4.78 is 5.10. The van der Waals surface area contributed by atoms with Crippen molar-refractivity contribution in [2.24, 2.45) is 4.99 Å². The molecule has 3 nitrogen and oxygen atoms in total. The van der Waals surface area contributed by atoms with Gasteiger partial charge in [0.2, 0.25) is 0 Å². The van der Waals surface area contributed by atoms with E-state index in [9.17, 15) is 5.11 Å². The van der Waals surface area contributed by atoms with Gasteiger partial charge in [0.1, 0.15) is 0 Å². The first kappa shape index (κ1) is 13.2. The summed E-state index contributed by atoms with van der Waals surface area (Å²) >= 11 is 0. The van der Waals surface area contributed by atoms with Gasteiger partial charge in [-0.25, -0.2) is 0 Å². The number of nitrogens with zero attached hydrogens (tertiary/aromatic N) is 1. The number of aromatic hydroxyl groups is 1. The number of rotatable bonds is 3. The fourth-order valence-corrected chi connectivity index (χ4v) is 2.27. The summed E-state index contributed by atoms with van der Waals surface area (Å²) in [4.78, 5) is 4.50. The zero-order valence-corrected chi connectivity index (χ0v) is 11.7. The molecule has 0 aromatic heterocycles. The zero-order valence-electron chi connectivity index (χ0n) is 11.7. The van der Waals surface area contributed by atoms with Crippen molar-refractivity contribution in [2.75, 3.05) is 7.11 Å². The number of phenols is 1. The van der Waals surface area contributed by atoms with Gasteiger partial charge in [0, 0.05) is 17.2 Å². The van der Waals surface area contributed by atoms with E-state index in [1.54, 1.807) is 18.3 Å². The number of aliphatic imine (C=N–C) groups is 1. The molecule has 0 saturated carbocycles. The van der Waals surface area contributed by atoms with E-state index in [0.717, 1.165) is 16.5 Å². The van der Waals surface area contributed by atoms with Crippen LogP contribution < -0.4 is 4.74 Å². The minimum Gasteiger partial charge on any atom is -0.504 e. The predicted octanol–water partition coefficient (Wildman–Crippen LogP) is 4.30. The predicted molar refractivity (Wildman–Crippen MR) is 85.9 cm³/mol. The molecule has 21 heavy (non-hydrogen) atoms. The van der Waals surface area contributed by atoms with Crippen LogP contribution in [0, 0.1) is 0 Å². The molecule has 0 fully saturated rings. The Bertz CT molecular complexity index is 804. The van der Waals surface area contributed by atoms with Gasteiger partial charge in [0.15, 0.2) is 11.5 Å². The fourth-order valence-electron chi connectivity index (χ4n) is 2.27. The topological polar surface area (TPSA) is 41.8 Å². The second-order valence-electron chi connectivity index (χ2n) is 4.65. The van der Waals surface area contributed by atoms with Crippen LogP contribution in [-0.4, -0.2) is 18.4 Å². The monoisotopic (exact) mass is 277 g/mol. The number of para-hydroxylation sites is 1. The van der Waals surface area contributed by atoms with Crippen molar-refractivity contribution in [2.45, 2.75) is 0 Å². The molecular formula is C18H15NO2. The standard InChI is InChI=1S/C18H15NO2/c1-21-17-11-5-8-14(18(17)20)12-19-16-10-4-7-13-6-2-3-9-15(13)16/h2-12,20H,1H3. The first-order valence-electron chi connectivity index (χ1n) is 6.67. The molecule has 0 radical (unpaired) electrons. The summed E-state index contributed by atoms with van der Waals surface area (Å²) in [5.41, 5.74) is 1.50. The van der Waals surface area contributed by atoms with Gasteiger partial charge in [0.05, 0.1) is 12.8 Å². The van der Waals surface area contributed by atoms with Gasteiger partial charge in [-0.3, -0.25) is 4.99 Å². The van der Waals surface area contributed by atoms with Crippen LogP contribution in [0.2, 0.25) is 0 Å². The first-order valence-corrected chi connectivity index (χ1v) is 6.67. The Morgan fingerprint density at radius 3 is 2.57 bits per heavy atom. The molecule has 0 atom stereocenters. The summed E-state index contributed by atoms with van der Waals surface area (Å²) in [5, 5.41) is 12.3. The highest BCUT2D eigenvalue weighted by Crippen LogP contribution is 2.30. The normalized spacial score (nSPS) is 11.1. The van der Waals surface area contributed by atoms with Crippen LogP contribution in [0.1, 0.15) is 5.56 Å². The van der Waals surface area contributed by atoms with Crippen molar-refractivity contribution in [3.8, 4) is 11.5 Å². The number of hydrogen-bond donors (Lipinski definition) is 1. The number of ether oxygens (including phenoxy) is 1. The number of fused-ring (bicyclic) bond motifs is 1.